The number of hydrogen-bond donors (Lipinski definition) is 0. The van der Waals surface area contributed by atoms with Crippen LogP contribution in [-0.2, 0) is 0 Å². The molecule has 0 spiro atoms. The van der Waals surface area contributed by atoms with Crippen LogP contribution in [0.15, 0.2) is 0 Å². The highest BCUT2D eigenvalue weighted by atomic mass is 19.4. The van der Waals surface area contributed by atoms with Gasteiger partial charge in [0.15, 0.2) is 0 Å². The van der Waals surface area contributed by atoms with E-state index < -0.39 is 59.2 Å². The minimum absolute atomic E-state index is 8.61. The Balaban J connectivity index is 4.59. The highest BCUT2D eigenvalue weighted by Crippen LogP contribution is 2.78. The van der Waals surface area contributed by atoms with Crippen LogP contribution < -0.4 is 0 Å². The SMILES string of the molecule is FC(F)(F)[C@@]1(F)C(F)(F)[C@@](F)(C(F)(F)F)[C@](F)(C(F)(F)F)C(F)(F)[C@]1(F)C(F)(F)F. The summed E-state index contributed by atoms with van der Waals surface area (Å²) in [6, 6.07) is 0. The summed E-state index contributed by atoms with van der Waals surface area (Å²) >= 11 is 0. The van der Waals surface area contributed by atoms with Crippen molar-refractivity contribution in [3.8, 4) is 0 Å². The third kappa shape index (κ3) is 2.22. The van der Waals surface area contributed by atoms with Crippen LogP contribution >= 0.6 is 0 Å². The van der Waals surface area contributed by atoms with Gasteiger partial charge in [-0.1, -0.05) is 0 Å². The standard InChI is InChI=1S/C10F20/c11-1(7(19,20)21)2(12,8(22,23)24)6(17,18)4(14,10(28,29)30)3(13,5(1,15)16)9(25,26)27/t1-,2-,3+,4+. The van der Waals surface area contributed by atoms with Crippen molar-refractivity contribution in [3.63, 3.8) is 0 Å². The van der Waals surface area contributed by atoms with Crippen molar-refractivity contribution in [1.29, 1.82) is 0 Å². The molecule has 0 saturated heterocycles. The molecule has 0 aromatic carbocycles. The Morgan fingerprint density at radius 2 is 0.367 bits per heavy atom. The number of halogens is 20. The second kappa shape index (κ2) is 5.69. The Bertz CT molecular complexity index is 574. The zero-order valence-electron chi connectivity index (χ0n) is 12.6. The molecule has 0 aliphatic heterocycles. The van der Waals surface area contributed by atoms with Crippen molar-refractivity contribution in [3.05, 3.63) is 0 Å². The lowest BCUT2D eigenvalue weighted by Crippen LogP contribution is -2.96. The maximum atomic E-state index is 13.9. The van der Waals surface area contributed by atoms with Crippen molar-refractivity contribution in [2.24, 2.45) is 0 Å². The topological polar surface area (TPSA) is 0 Å². The van der Waals surface area contributed by atoms with Crippen molar-refractivity contribution in [2.75, 3.05) is 0 Å². The van der Waals surface area contributed by atoms with Crippen LogP contribution in [0.1, 0.15) is 0 Å². The zero-order chi connectivity index (χ0) is 25.0. The predicted octanol–water partition coefficient (Wildman–Crippen LogP) is 6.35. The van der Waals surface area contributed by atoms with Gasteiger partial charge in [-0.25, -0.2) is 17.6 Å². The molecule has 0 amide bonds. The average molecular weight is 500 g/mol. The van der Waals surface area contributed by atoms with E-state index in [0.29, 0.717) is 0 Å². The van der Waals surface area contributed by atoms with E-state index in [0.717, 1.165) is 0 Å². The van der Waals surface area contributed by atoms with Gasteiger partial charge in [0.1, 0.15) is 0 Å². The molecule has 20 heteroatoms. The number of hydrogen-bond acceptors (Lipinski definition) is 0. The van der Waals surface area contributed by atoms with E-state index in [2.05, 4.69) is 0 Å². The largest absolute Gasteiger partial charge is 0.432 e. The molecular weight excluding hydrogens is 500 g/mol. The minimum Gasteiger partial charge on any atom is -0.222 e. The summed E-state index contributed by atoms with van der Waals surface area (Å²) in [5.74, 6) is -18.3. The molecule has 0 radical (unpaired) electrons. The normalized spacial score (nSPS) is 40.4. The summed E-state index contributed by atoms with van der Waals surface area (Å²) in [6.07, 6.45) is -34.4. The second-order valence-electron chi connectivity index (χ2n) is 5.77. The van der Waals surface area contributed by atoms with Gasteiger partial charge in [-0.15, -0.1) is 0 Å². The predicted molar refractivity (Wildman–Crippen MR) is 49.5 cm³/mol. The van der Waals surface area contributed by atoms with Crippen LogP contribution in [0.2, 0.25) is 0 Å². The Morgan fingerprint density at radius 1 is 0.267 bits per heavy atom. The molecule has 1 rings (SSSR count). The fraction of sp³-hybridized carbons (Fsp3) is 1.00. The van der Waals surface area contributed by atoms with E-state index in [1.807, 2.05) is 0 Å². The van der Waals surface area contributed by atoms with Gasteiger partial charge < -0.3 is 0 Å². The molecule has 1 saturated carbocycles. The maximum absolute atomic E-state index is 13.9. The lowest BCUT2D eigenvalue weighted by atomic mass is 9.55. The molecule has 0 bridgehead atoms. The molecule has 0 N–H and O–H groups in total. The third-order valence-corrected chi connectivity index (χ3v) is 4.24. The molecule has 1 aliphatic rings. The van der Waals surface area contributed by atoms with Gasteiger partial charge >= 0.3 is 59.2 Å². The highest BCUT2D eigenvalue weighted by Gasteiger charge is 3.13. The Hall–Kier alpha value is -1.40. The molecule has 0 unspecified atom stereocenters. The summed E-state index contributed by atoms with van der Waals surface area (Å²) in [5, 5.41) is 0. The van der Waals surface area contributed by atoms with Gasteiger partial charge in [-0.2, -0.15) is 70.2 Å². The highest BCUT2D eigenvalue weighted by molar-refractivity contribution is 5.40. The minimum atomic E-state index is -9.16. The van der Waals surface area contributed by atoms with Gasteiger partial charge in [-0.05, 0) is 0 Å². The lowest BCUT2D eigenvalue weighted by Gasteiger charge is -2.60. The first-order chi connectivity index (χ1) is 12.5. The molecule has 1 fully saturated rings. The van der Waals surface area contributed by atoms with E-state index in [-0.39, 0.29) is 0 Å². The third-order valence-electron chi connectivity index (χ3n) is 4.24. The summed E-state index contributed by atoms with van der Waals surface area (Å²) in [5.41, 5.74) is -36.4. The van der Waals surface area contributed by atoms with Crippen molar-refractivity contribution in [1.82, 2.24) is 0 Å². The molecule has 180 valence electrons. The first-order valence-electron chi connectivity index (χ1n) is 6.28. The van der Waals surface area contributed by atoms with Gasteiger partial charge in [0.05, 0.1) is 0 Å². The van der Waals surface area contributed by atoms with Crippen LogP contribution in [0.25, 0.3) is 0 Å². The van der Waals surface area contributed by atoms with Crippen molar-refractivity contribution >= 4 is 0 Å². The molecule has 4 atom stereocenters. The molecule has 0 heterocycles. The summed E-state index contributed by atoms with van der Waals surface area (Å²) < 4.78 is 262. The maximum Gasteiger partial charge on any atom is 0.432 e. The number of alkyl halides is 20. The van der Waals surface area contributed by atoms with Crippen LogP contribution in [0.5, 0.6) is 0 Å². The molecule has 30 heavy (non-hydrogen) atoms. The average Bonchev–Trinajstić information content (AvgIpc) is 2.45. The smallest absolute Gasteiger partial charge is 0.222 e. The fourth-order valence-corrected chi connectivity index (χ4v) is 2.83. The molecule has 1 aliphatic carbocycles. The molecule has 0 aromatic heterocycles. The first-order valence-corrected chi connectivity index (χ1v) is 6.28. The second-order valence-corrected chi connectivity index (χ2v) is 5.77. The van der Waals surface area contributed by atoms with E-state index in [1.165, 1.54) is 0 Å². The Labute approximate surface area is 148 Å². The van der Waals surface area contributed by atoms with Crippen LogP contribution in [0.3, 0.4) is 0 Å². The lowest BCUT2D eigenvalue weighted by molar-refractivity contribution is -0.538. The number of rotatable bonds is 0. The monoisotopic (exact) mass is 500 g/mol. The Kier molecular flexibility index (Phi) is 5.05. The van der Waals surface area contributed by atoms with E-state index in [9.17, 15) is 87.8 Å². The van der Waals surface area contributed by atoms with Gasteiger partial charge in [0.25, 0.3) is 0 Å². The van der Waals surface area contributed by atoms with Gasteiger partial charge in [0.2, 0.25) is 0 Å². The quantitative estimate of drug-likeness (QED) is 0.340. The van der Waals surface area contributed by atoms with Crippen LogP contribution in [-0.4, -0.2) is 59.2 Å². The molecule has 0 nitrogen and oxygen atoms in total. The van der Waals surface area contributed by atoms with Crippen LogP contribution in [0, 0.1) is 0 Å². The zero-order valence-corrected chi connectivity index (χ0v) is 12.6. The van der Waals surface area contributed by atoms with E-state index in [4.69, 9.17) is 0 Å². The van der Waals surface area contributed by atoms with Gasteiger partial charge in [0, 0.05) is 0 Å². The van der Waals surface area contributed by atoms with E-state index >= 15 is 0 Å². The Morgan fingerprint density at radius 3 is 0.433 bits per heavy atom. The first kappa shape index (κ1) is 26.6. The summed E-state index contributed by atoms with van der Waals surface area (Å²) in [6.45, 7) is 0. The van der Waals surface area contributed by atoms with Crippen molar-refractivity contribution in [2.45, 2.75) is 59.2 Å². The molecular formula is C10F20. The summed E-state index contributed by atoms with van der Waals surface area (Å²) in [7, 11) is 0. The van der Waals surface area contributed by atoms with Gasteiger partial charge in [-0.3, -0.25) is 0 Å². The van der Waals surface area contributed by atoms with E-state index in [1.54, 1.807) is 0 Å². The van der Waals surface area contributed by atoms with Crippen LogP contribution in [0.4, 0.5) is 87.8 Å². The summed E-state index contributed by atoms with van der Waals surface area (Å²) in [4.78, 5) is 0. The molecule has 0 aromatic rings. The fourth-order valence-electron chi connectivity index (χ4n) is 2.83. The van der Waals surface area contributed by atoms with Crippen molar-refractivity contribution < 1.29 is 87.8 Å².